The van der Waals surface area contributed by atoms with Crippen molar-refractivity contribution in [1.29, 1.82) is 0 Å². The third kappa shape index (κ3) is 18.8. The van der Waals surface area contributed by atoms with E-state index in [-0.39, 0.29) is 53.6 Å². The molecule has 7 heteroatoms. The summed E-state index contributed by atoms with van der Waals surface area (Å²) < 4.78 is 0. The molecule has 0 atom stereocenters. The topological polar surface area (TPSA) is 142 Å². The number of hydrogen-bond acceptors (Lipinski definition) is 2. The fraction of sp³-hybridized carbons (Fsp3) is 0.286. The SMILES string of the molecule is O=C(O)CCCc1ccccc1.O=C(O)CCCc1ccccc1.[CH3-].[NH2-].[NH2-].[Pt]. The molecule has 0 bridgehead atoms. The molecule has 6 nitrogen and oxygen atoms in total. The number of aliphatic carboxylic acids is 2. The molecule has 162 valence electrons. The molecule has 0 spiro atoms. The first-order valence-electron chi connectivity index (χ1n) is 8.09. The summed E-state index contributed by atoms with van der Waals surface area (Å²) in [6.07, 6.45) is 3.67. The molecule has 2 rings (SSSR count). The minimum atomic E-state index is -0.717. The third-order valence-corrected chi connectivity index (χ3v) is 3.40. The smallest absolute Gasteiger partial charge is 0.303 e. The number of carboxylic acid groups (broad SMARTS) is 2. The summed E-state index contributed by atoms with van der Waals surface area (Å²) in [5.74, 6) is -1.43. The Hall–Kier alpha value is -2.01. The molecule has 2 aromatic carbocycles. The summed E-state index contributed by atoms with van der Waals surface area (Å²) in [5.41, 5.74) is 2.41. The standard InChI is InChI=1S/2C10H12O2.CH3.2H2N.Pt/c2*11-10(12)8-4-7-9-5-2-1-3-6-9;;;;/h2*1-3,5-6H,4,7-8H2,(H,11,12);1H3;2*1H2;/q;;3*-1;. The van der Waals surface area contributed by atoms with E-state index in [4.69, 9.17) is 10.2 Å². The van der Waals surface area contributed by atoms with Gasteiger partial charge in [0, 0.05) is 33.9 Å². The molecule has 0 unspecified atom stereocenters. The van der Waals surface area contributed by atoms with Gasteiger partial charge in [0.1, 0.15) is 0 Å². The summed E-state index contributed by atoms with van der Waals surface area (Å²) in [4.78, 5) is 20.4. The van der Waals surface area contributed by atoms with Crippen molar-refractivity contribution in [3.05, 3.63) is 91.5 Å². The van der Waals surface area contributed by atoms with E-state index in [1.54, 1.807) is 0 Å². The van der Waals surface area contributed by atoms with E-state index in [0.29, 0.717) is 0 Å². The molecule has 0 saturated carbocycles. The summed E-state index contributed by atoms with van der Waals surface area (Å²) in [6.45, 7) is 0. The zero-order valence-corrected chi connectivity index (χ0v) is 18.5. The third-order valence-electron chi connectivity index (χ3n) is 3.40. The van der Waals surface area contributed by atoms with Crippen LogP contribution < -0.4 is 0 Å². The van der Waals surface area contributed by atoms with Crippen molar-refractivity contribution < 1.29 is 40.9 Å². The van der Waals surface area contributed by atoms with Crippen LogP contribution in [-0.2, 0) is 43.5 Å². The van der Waals surface area contributed by atoms with Crippen LogP contribution in [0.5, 0.6) is 0 Å². The van der Waals surface area contributed by atoms with Crippen LogP contribution in [0.3, 0.4) is 0 Å². The Kier molecular flexibility index (Phi) is 25.5. The number of rotatable bonds is 8. The van der Waals surface area contributed by atoms with Gasteiger partial charge in [0.25, 0.3) is 0 Å². The van der Waals surface area contributed by atoms with Gasteiger partial charge in [0.05, 0.1) is 0 Å². The van der Waals surface area contributed by atoms with Crippen molar-refractivity contribution in [3.63, 3.8) is 0 Å². The Bertz CT molecular complexity index is 555. The molecule has 0 saturated heterocycles. The number of aryl methyl sites for hydroxylation is 2. The van der Waals surface area contributed by atoms with Gasteiger partial charge in [-0.15, -0.1) is 0 Å². The number of carbonyl (C=O) groups is 2. The van der Waals surface area contributed by atoms with E-state index in [0.717, 1.165) is 25.7 Å². The van der Waals surface area contributed by atoms with Gasteiger partial charge in [-0.25, -0.2) is 0 Å². The van der Waals surface area contributed by atoms with Crippen molar-refractivity contribution in [1.82, 2.24) is 0 Å². The van der Waals surface area contributed by atoms with Crippen LogP contribution in [0.15, 0.2) is 60.7 Å². The number of hydrogen-bond donors (Lipinski definition) is 2. The summed E-state index contributed by atoms with van der Waals surface area (Å²) >= 11 is 0. The zero-order chi connectivity index (χ0) is 17.6. The van der Waals surface area contributed by atoms with Gasteiger partial charge in [-0.1, -0.05) is 60.7 Å². The fourth-order valence-corrected chi connectivity index (χ4v) is 2.18. The van der Waals surface area contributed by atoms with Gasteiger partial charge < -0.3 is 29.9 Å². The molecule has 0 amide bonds. The predicted octanol–water partition coefficient (Wildman–Crippen LogP) is 6.07. The van der Waals surface area contributed by atoms with Gasteiger partial charge in [0.15, 0.2) is 0 Å². The molecular formula is C21H31N2O4Pt-3. The largest absolute Gasteiger partial charge is 0.693 e. The Balaban J connectivity index is -0.000000180. The van der Waals surface area contributed by atoms with Crippen LogP contribution in [0, 0.1) is 7.43 Å². The Morgan fingerprint density at radius 1 is 0.643 bits per heavy atom. The van der Waals surface area contributed by atoms with Crippen molar-refractivity contribution in [2.75, 3.05) is 0 Å². The van der Waals surface area contributed by atoms with Crippen LogP contribution in [0.2, 0.25) is 0 Å². The number of nitrogens with two attached hydrogens (primary N) is 2. The summed E-state index contributed by atoms with van der Waals surface area (Å²) in [7, 11) is 0. The summed E-state index contributed by atoms with van der Waals surface area (Å²) in [5, 5.41) is 16.8. The fourth-order valence-electron chi connectivity index (χ4n) is 2.18. The molecular weight excluding hydrogens is 539 g/mol. The van der Waals surface area contributed by atoms with Crippen LogP contribution in [-0.4, -0.2) is 22.2 Å². The van der Waals surface area contributed by atoms with Crippen molar-refractivity contribution in [2.45, 2.75) is 38.5 Å². The molecule has 0 fully saturated rings. The van der Waals surface area contributed by atoms with Gasteiger partial charge >= 0.3 is 11.9 Å². The maximum Gasteiger partial charge on any atom is 0.303 e. The van der Waals surface area contributed by atoms with Gasteiger partial charge in [-0.3, -0.25) is 9.59 Å². The second kappa shape index (κ2) is 21.3. The normalized spacial score (nSPS) is 8.29. The first-order chi connectivity index (χ1) is 11.6. The quantitative estimate of drug-likeness (QED) is 0.372. The van der Waals surface area contributed by atoms with Crippen molar-refractivity contribution >= 4 is 11.9 Å². The average Bonchev–Trinajstić information content (AvgIpc) is 2.57. The van der Waals surface area contributed by atoms with Gasteiger partial charge in [0.2, 0.25) is 0 Å². The average molecular weight is 571 g/mol. The van der Waals surface area contributed by atoms with Crippen LogP contribution in [0.25, 0.3) is 12.3 Å². The van der Waals surface area contributed by atoms with Gasteiger partial charge in [-0.05, 0) is 36.8 Å². The Morgan fingerprint density at radius 3 is 1.18 bits per heavy atom. The Morgan fingerprint density at radius 2 is 0.929 bits per heavy atom. The van der Waals surface area contributed by atoms with E-state index in [9.17, 15) is 9.59 Å². The monoisotopic (exact) mass is 570 g/mol. The van der Waals surface area contributed by atoms with E-state index in [2.05, 4.69) is 0 Å². The molecule has 0 radical (unpaired) electrons. The predicted molar refractivity (Wildman–Crippen MR) is 111 cm³/mol. The molecule has 0 aliphatic heterocycles. The number of benzene rings is 2. The first-order valence-corrected chi connectivity index (χ1v) is 8.09. The molecule has 28 heavy (non-hydrogen) atoms. The van der Waals surface area contributed by atoms with Crippen molar-refractivity contribution in [3.8, 4) is 0 Å². The van der Waals surface area contributed by atoms with E-state index >= 15 is 0 Å². The maximum atomic E-state index is 10.2. The van der Waals surface area contributed by atoms with Crippen LogP contribution in [0.4, 0.5) is 0 Å². The molecule has 0 aliphatic rings. The second-order valence-corrected chi connectivity index (χ2v) is 5.47. The second-order valence-electron chi connectivity index (χ2n) is 5.47. The molecule has 6 N–H and O–H groups in total. The van der Waals surface area contributed by atoms with Gasteiger partial charge in [-0.2, -0.15) is 0 Å². The van der Waals surface area contributed by atoms with E-state index < -0.39 is 11.9 Å². The minimum absolute atomic E-state index is 0. The van der Waals surface area contributed by atoms with Crippen LogP contribution >= 0.6 is 0 Å². The molecule has 2 aromatic rings. The molecule has 0 aromatic heterocycles. The molecule has 0 heterocycles. The molecule has 0 aliphatic carbocycles. The Labute approximate surface area is 182 Å². The van der Waals surface area contributed by atoms with E-state index in [1.807, 2.05) is 60.7 Å². The van der Waals surface area contributed by atoms with E-state index in [1.165, 1.54) is 11.1 Å². The zero-order valence-electron chi connectivity index (χ0n) is 16.2. The summed E-state index contributed by atoms with van der Waals surface area (Å²) in [6, 6.07) is 19.9. The van der Waals surface area contributed by atoms with Crippen molar-refractivity contribution in [2.24, 2.45) is 0 Å². The maximum absolute atomic E-state index is 10.2. The number of carboxylic acids is 2. The van der Waals surface area contributed by atoms with Crippen LogP contribution in [0.1, 0.15) is 36.8 Å². The minimum Gasteiger partial charge on any atom is -0.693 e. The first kappa shape index (κ1) is 33.6.